The van der Waals surface area contributed by atoms with Crippen molar-refractivity contribution in [1.82, 2.24) is 0 Å². The summed E-state index contributed by atoms with van der Waals surface area (Å²) in [4.78, 5) is 0. The fraction of sp³-hybridized carbons (Fsp3) is 0.561. The van der Waals surface area contributed by atoms with Gasteiger partial charge in [0.1, 0.15) is 5.75 Å². The molecular weight excluding hydrogens is 524 g/mol. The highest BCUT2D eigenvalue weighted by Crippen LogP contribution is 2.58. The van der Waals surface area contributed by atoms with Crippen LogP contribution in [0.15, 0.2) is 59.7 Å². The molecule has 2 aliphatic rings. The summed E-state index contributed by atoms with van der Waals surface area (Å²) < 4.78 is 12.1. The highest BCUT2D eigenvalue weighted by atomic mass is 16.7. The fourth-order valence-corrected chi connectivity index (χ4v) is 6.82. The first kappa shape index (κ1) is 33.3. The van der Waals surface area contributed by atoms with Gasteiger partial charge in [-0.15, -0.1) is 0 Å². The van der Waals surface area contributed by atoms with Crippen molar-refractivity contribution in [1.29, 1.82) is 0 Å². The van der Waals surface area contributed by atoms with Crippen LogP contribution >= 0.6 is 0 Å². The molecule has 0 radical (unpaired) electrons. The van der Waals surface area contributed by atoms with E-state index in [-0.39, 0.29) is 34.4 Å². The molecule has 3 atom stereocenters. The van der Waals surface area contributed by atoms with Crippen molar-refractivity contribution in [3.05, 3.63) is 93.1 Å². The molecule has 3 unspecified atom stereocenters. The van der Waals surface area contributed by atoms with Crippen molar-refractivity contribution in [2.45, 2.75) is 125 Å². The van der Waals surface area contributed by atoms with E-state index in [1.165, 1.54) is 50.1 Å². The molecule has 2 heteroatoms. The Hall–Kier alpha value is -2.58. The minimum Gasteiger partial charge on any atom is -0.467 e. The summed E-state index contributed by atoms with van der Waals surface area (Å²) in [6, 6.07) is 12.1. The normalized spacial score (nSPS) is 20.4. The highest BCUT2D eigenvalue weighted by Gasteiger charge is 2.44. The molecule has 43 heavy (non-hydrogen) atoms. The van der Waals surface area contributed by atoms with Crippen LogP contribution in [0.4, 0.5) is 0 Å². The molecule has 2 aromatic rings. The lowest BCUT2D eigenvalue weighted by Crippen LogP contribution is -2.21. The molecule has 2 aliphatic carbocycles. The van der Waals surface area contributed by atoms with Gasteiger partial charge < -0.3 is 9.47 Å². The number of methoxy groups -OCH3 is 1. The van der Waals surface area contributed by atoms with Gasteiger partial charge in [0.2, 0.25) is 0 Å². The molecule has 0 bridgehead atoms. The number of fused-ring (bicyclic) bond motifs is 3. The predicted octanol–water partition coefficient (Wildman–Crippen LogP) is 11.4. The second-order valence-corrected chi connectivity index (χ2v) is 17.3. The average Bonchev–Trinajstić information content (AvgIpc) is 3.18. The monoisotopic (exact) mass is 582 g/mol. The molecule has 2 aromatic carbocycles. The second-order valence-electron chi connectivity index (χ2n) is 17.3. The fourth-order valence-electron chi connectivity index (χ4n) is 6.82. The van der Waals surface area contributed by atoms with Gasteiger partial charge in [-0.25, -0.2) is 0 Å². The molecule has 0 spiro atoms. The zero-order valence-electron chi connectivity index (χ0n) is 29.9. The summed E-state index contributed by atoms with van der Waals surface area (Å²) >= 11 is 0. The van der Waals surface area contributed by atoms with Crippen LogP contribution in [0.25, 0.3) is 5.57 Å². The molecule has 4 rings (SSSR count). The summed E-state index contributed by atoms with van der Waals surface area (Å²) in [5.41, 5.74) is 12.4. The third kappa shape index (κ3) is 6.60. The standard InChI is InChI=1S/C41H58O2/c1-25(2)35(33-22-28(40(9,10)11)23-34(41(12,13)14)37(33)43-24-42-15)36-29-18-16-26(38(3,4)5)20-31(29)32-21-27(39(6,7)8)17-19-30(32)36/h16-23,29,31,36H,24H2,1-15H3. The largest absolute Gasteiger partial charge is 0.467 e. The first-order valence-electron chi connectivity index (χ1n) is 16.2. The van der Waals surface area contributed by atoms with Gasteiger partial charge in [-0.2, -0.15) is 0 Å². The molecular formula is C41H58O2. The van der Waals surface area contributed by atoms with Crippen LogP contribution in [0.1, 0.15) is 142 Å². The Kier molecular flexibility index (Phi) is 8.84. The number of hydrogen-bond donors (Lipinski definition) is 0. The van der Waals surface area contributed by atoms with Gasteiger partial charge in [0.15, 0.2) is 6.79 Å². The summed E-state index contributed by atoms with van der Waals surface area (Å²) in [7, 11) is 1.71. The van der Waals surface area contributed by atoms with Crippen LogP contribution in [-0.4, -0.2) is 13.9 Å². The molecule has 0 aliphatic heterocycles. The third-order valence-corrected chi connectivity index (χ3v) is 9.39. The Balaban J connectivity index is 2.06. The third-order valence-electron chi connectivity index (χ3n) is 9.39. The van der Waals surface area contributed by atoms with Crippen molar-refractivity contribution in [2.24, 2.45) is 11.3 Å². The minimum absolute atomic E-state index is 0.00584. The molecule has 0 aromatic heterocycles. The summed E-state index contributed by atoms with van der Waals surface area (Å²) in [6.07, 6.45) is 7.50. The zero-order valence-corrected chi connectivity index (χ0v) is 29.9. The maximum Gasteiger partial charge on any atom is 0.188 e. The Morgan fingerprint density at radius 1 is 0.721 bits per heavy atom. The van der Waals surface area contributed by atoms with Gasteiger partial charge in [0, 0.05) is 30.1 Å². The number of rotatable bonds is 5. The van der Waals surface area contributed by atoms with Gasteiger partial charge in [0.25, 0.3) is 0 Å². The van der Waals surface area contributed by atoms with Crippen LogP contribution in [0, 0.1) is 11.3 Å². The number of benzene rings is 2. The highest BCUT2D eigenvalue weighted by molar-refractivity contribution is 5.82. The first-order chi connectivity index (χ1) is 19.7. The number of allylic oxidation sites excluding steroid dienone is 6. The number of ether oxygens (including phenoxy) is 2. The van der Waals surface area contributed by atoms with Crippen LogP contribution in [-0.2, 0) is 21.0 Å². The van der Waals surface area contributed by atoms with Crippen LogP contribution in [0.3, 0.4) is 0 Å². The first-order valence-corrected chi connectivity index (χ1v) is 16.2. The zero-order chi connectivity index (χ0) is 32.3. The topological polar surface area (TPSA) is 18.5 Å². The quantitative estimate of drug-likeness (QED) is 0.326. The van der Waals surface area contributed by atoms with E-state index >= 15 is 0 Å². The molecule has 0 heterocycles. The Morgan fingerprint density at radius 3 is 1.86 bits per heavy atom. The summed E-state index contributed by atoms with van der Waals surface area (Å²) in [5, 5.41) is 0. The maximum absolute atomic E-state index is 6.57. The van der Waals surface area contributed by atoms with Crippen LogP contribution in [0.5, 0.6) is 5.75 Å². The molecule has 2 nitrogen and oxygen atoms in total. The lowest BCUT2D eigenvalue weighted by atomic mass is 9.71. The Bertz CT molecular complexity index is 1450. The van der Waals surface area contributed by atoms with Crippen molar-refractivity contribution in [3.63, 3.8) is 0 Å². The van der Waals surface area contributed by atoms with Crippen molar-refractivity contribution < 1.29 is 9.47 Å². The van der Waals surface area contributed by atoms with Gasteiger partial charge in [-0.1, -0.05) is 131 Å². The van der Waals surface area contributed by atoms with Gasteiger partial charge in [-0.05, 0) is 80.9 Å². The molecule has 0 N–H and O–H groups in total. The average molecular weight is 583 g/mol. The predicted molar refractivity (Wildman–Crippen MR) is 185 cm³/mol. The molecule has 0 saturated carbocycles. The van der Waals surface area contributed by atoms with E-state index < -0.39 is 0 Å². The van der Waals surface area contributed by atoms with Crippen molar-refractivity contribution in [3.8, 4) is 5.75 Å². The SMILES string of the molecule is COCOc1c(C(=C(C)C)C2c3ccc(C(C)(C)C)cc3C3C=C(C(C)(C)C)C=CC32)cc(C(C)(C)C)cc1C(C)(C)C. The Labute approximate surface area is 263 Å². The number of hydrogen-bond acceptors (Lipinski definition) is 2. The Morgan fingerprint density at radius 2 is 1.35 bits per heavy atom. The lowest BCUT2D eigenvalue weighted by molar-refractivity contribution is 0.0495. The van der Waals surface area contributed by atoms with E-state index in [1.807, 2.05) is 0 Å². The molecule has 234 valence electrons. The summed E-state index contributed by atoms with van der Waals surface area (Å²) in [6.45, 7) is 32.6. The van der Waals surface area contributed by atoms with Crippen molar-refractivity contribution >= 4 is 5.57 Å². The van der Waals surface area contributed by atoms with Gasteiger partial charge >= 0.3 is 0 Å². The lowest BCUT2D eigenvalue weighted by Gasteiger charge is -2.34. The van der Waals surface area contributed by atoms with Gasteiger partial charge in [-0.3, -0.25) is 0 Å². The van der Waals surface area contributed by atoms with E-state index in [4.69, 9.17) is 9.47 Å². The van der Waals surface area contributed by atoms with Crippen LogP contribution in [0.2, 0.25) is 0 Å². The molecule has 0 fully saturated rings. The van der Waals surface area contributed by atoms with E-state index in [2.05, 4.69) is 145 Å². The summed E-state index contributed by atoms with van der Waals surface area (Å²) in [5.74, 6) is 1.86. The van der Waals surface area contributed by atoms with E-state index in [1.54, 1.807) is 7.11 Å². The van der Waals surface area contributed by atoms with Crippen molar-refractivity contribution in [2.75, 3.05) is 13.9 Å². The smallest absolute Gasteiger partial charge is 0.188 e. The minimum atomic E-state index is -0.0986. The van der Waals surface area contributed by atoms with E-state index in [0.717, 1.165) is 5.75 Å². The van der Waals surface area contributed by atoms with E-state index in [9.17, 15) is 0 Å². The maximum atomic E-state index is 6.57. The van der Waals surface area contributed by atoms with Gasteiger partial charge in [0.05, 0.1) is 0 Å². The van der Waals surface area contributed by atoms with Crippen LogP contribution < -0.4 is 4.74 Å². The molecule has 0 amide bonds. The molecule has 0 saturated heterocycles. The second kappa shape index (κ2) is 11.4. The van der Waals surface area contributed by atoms with E-state index in [0.29, 0.717) is 11.8 Å².